The molecular formula is C9H11NO3S. The first-order chi connectivity index (χ1) is 6.82. The lowest BCUT2D eigenvalue weighted by Gasteiger charge is -2.06. The standard InChI is InChI=1S/C9H11NO3S/c10-14(12,13)9-3-1-2-6-7(9)4-5-8(6)11/h1-3,8,11H,4-5H2,(H2,10,12,13)/i8D. The molecule has 0 bridgehead atoms. The molecule has 0 spiro atoms. The molecule has 5 heteroatoms. The van der Waals surface area contributed by atoms with Crippen LogP contribution in [0.5, 0.6) is 0 Å². The summed E-state index contributed by atoms with van der Waals surface area (Å²) in [4.78, 5) is 0.0168. The largest absolute Gasteiger partial charge is 0.388 e. The first kappa shape index (κ1) is 8.40. The van der Waals surface area contributed by atoms with E-state index in [1.165, 1.54) is 12.1 Å². The van der Waals surface area contributed by atoms with Gasteiger partial charge in [-0.15, -0.1) is 0 Å². The molecule has 1 aromatic carbocycles. The Balaban J connectivity index is 2.70. The number of nitrogens with two attached hydrogens (primary N) is 1. The topological polar surface area (TPSA) is 80.4 Å². The highest BCUT2D eigenvalue weighted by Gasteiger charge is 2.25. The minimum atomic E-state index is -3.77. The third-order valence-electron chi connectivity index (χ3n) is 2.36. The molecule has 1 unspecified atom stereocenters. The third-order valence-corrected chi connectivity index (χ3v) is 3.36. The summed E-state index contributed by atoms with van der Waals surface area (Å²) in [6.45, 7) is 0. The number of benzene rings is 1. The minimum Gasteiger partial charge on any atom is -0.388 e. The van der Waals surface area contributed by atoms with E-state index in [0.29, 0.717) is 17.5 Å². The van der Waals surface area contributed by atoms with E-state index in [1.54, 1.807) is 6.07 Å². The molecule has 0 aliphatic heterocycles. The smallest absolute Gasteiger partial charge is 0.238 e. The van der Waals surface area contributed by atoms with E-state index in [9.17, 15) is 13.5 Å². The molecule has 1 aliphatic rings. The van der Waals surface area contributed by atoms with E-state index in [-0.39, 0.29) is 11.3 Å². The monoisotopic (exact) mass is 214 g/mol. The molecule has 4 nitrogen and oxygen atoms in total. The van der Waals surface area contributed by atoms with Crippen LogP contribution in [-0.2, 0) is 16.4 Å². The first-order valence-electron chi connectivity index (χ1n) is 4.70. The zero-order chi connectivity index (χ0) is 11.3. The van der Waals surface area contributed by atoms with Crippen LogP contribution in [0.3, 0.4) is 0 Å². The molecule has 76 valence electrons. The summed E-state index contributed by atoms with van der Waals surface area (Å²) in [6, 6.07) is 4.45. The van der Waals surface area contributed by atoms with E-state index >= 15 is 0 Å². The third kappa shape index (κ3) is 1.43. The number of fused-ring (bicyclic) bond motifs is 1. The van der Waals surface area contributed by atoms with Crippen LogP contribution in [0.1, 0.15) is 25.0 Å². The van der Waals surface area contributed by atoms with Crippen molar-refractivity contribution in [2.45, 2.75) is 23.8 Å². The molecule has 14 heavy (non-hydrogen) atoms. The summed E-state index contributed by atoms with van der Waals surface area (Å²) in [5, 5.41) is 14.7. The number of hydrogen-bond acceptors (Lipinski definition) is 3. The number of sulfonamides is 1. The van der Waals surface area contributed by atoms with Crippen LogP contribution in [0.2, 0.25) is 0 Å². The average molecular weight is 214 g/mol. The molecule has 3 N–H and O–H groups in total. The molecular weight excluding hydrogens is 202 g/mol. The van der Waals surface area contributed by atoms with E-state index in [2.05, 4.69) is 0 Å². The number of rotatable bonds is 1. The van der Waals surface area contributed by atoms with Crippen molar-refractivity contribution in [1.29, 1.82) is 0 Å². The quantitative estimate of drug-likeness (QED) is 0.706. The van der Waals surface area contributed by atoms with Gasteiger partial charge in [0.2, 0.25) is 10.0 Å². The lowest BCUT2D eigenvalue weighted by molar-refractivity contribution is 0.180. The molecule has 1 atom stereocenters. The Kier molecular flexibility index (Phi) is 1.83. The van der Waals surface area contributed by atoms with Gasteiger partial charge in [0.1, 0.15) is 0 Å². The van der Waals surface area contributed by atoms with Crippen LogP contribution >= 0.6 is 0 Å². The molecule has 2 rings (SSSR count). The second-order valence-corrected chi connectivity index (χ2v) is 4.80. The van der Waals surface area contributed by atoms with Crippen LogP contribution < -0.4 is 5.14 Å². The van der Waals surface area contributed by atoms with Gasteiger partial charge in [0.05, 0.1) is 12.3 Å². The van der Waals surface area contributed by atoms with Gasteiger partial charge in [-0.05, 0) is 30.0 Å². The summed E-state index contributed by atoms with van der Waals surface area (Å²) in [5.74, 6) is 0. The Morgan fingerprint density at radius 2 is 2.29 bits per heavy atom. The Morgan fingerprint density at radius 1 is 1.57 bits per heavy atom. The lowest BCUT2D eigenvalue weighted by Crippen LogP contribution is -2.14. The fourth-order valence-electron chi connectivity index (χ4n) is 1.74. The second-order valence-electron chi connectivity index (χ2n) is 3.27. The summed E-state index contributed by atoms with van der Waals surface area (Å²) in [6.07, 6.45) is -1.12. The maximum Gasteiger partial charge on any atom is 0.238 e. The lowest BCUT2D eigenvalue weighted by atomic mass is 10.1. The maximum atomic E-state index is 11.2. The van der Waals surface area contributed by atoms with Gasteiger partial charge in [0.25, 0.3) is 0 Å². The number of hydrogen-bond donors (Lipinski definition) is 2. The van der Waals surface area contributed by atoms with Gasteiger partial charge >= 0.3 is 0 Å². The SMILES string of the molecule is [2H]C1(O)CCc2c1cccc2S(N)(=O)=O. The molecule has 0 amide bonds. The first-order valence-corrected chi connectivity index (χ1v) is 5.74. The van der Waals surface area contributed by atoms with E-state index in [1.807, 2.05) is 0 Å². The highest BCUT2D eigenvalue weighted by Crippen LogP contribution is 2.34. The number of aliphatic hydroxyl groups is 1. The van der Waals surface area contributed by atoms with Gasteiger partial charge in [0, 0.05) is 0 Å². The van der Waals surface area contributed by atoms with Gasteiger partial charge in [-0.1, -0.05) is 12.1 Å². The maximum absolute atomic E-state index is 11.2. The Morgan fingerprint density at radius 3 is 2.93 bits per heavy atom. The molecule has 0 saturated heterocycles. The molecule has 0 aromatic heterocycles. The zero-order valence-electron chi connectivity index (χ0n) is 8.40. The summed E-state index contributed by atoms with van der Waals surface area (Å²) in [5.41, 5.74) is 0.812. The highest BCUT2D eigenvalue weighted by atomic mass is 32.2. The summed E-state index contributed by atoms with van der Waals surface area (Å²) < 4.78 is 30.1. The normalized spacial score (nSPS) is 27.1. The number of primary sulfonamides is 1. The van der Waals surface area contributed by atoms with Crippen molar-refractivity contribution in [3.63, 3.8) is 0 Å². The fraction of sp³-hybridized carbons (Fsp3) is 0.333. The van der Waals surface area contributed by atoms with Crippen LogP contribution in [0, 0.1) is 0 Å². The van der Waals surface area contributed by atoms with Crippen molar-refractivity contribution < 1.29 is 14.9 Å². The van der Waals surface area contributed by atoms with Crippen molar-refractivity contribution in [2.24, 2.45) is 5.14 Å². The van der Waals surface area contributed by atoms with Gasteiger partial charge in [0.15, 0.2) is 0 Å². The van der Waals surface area contributed by atoms with Gasteiger partial charge in [-0.25, -0.2) is 13.6 Å². The Labute approximate surface area is 83.8 Å². The summed E-state index contributed by atoms with van der Waals surface area (Å²) in [7, 11) is -3.77. The Hall–Kier alpha value is -0.910. The van der Waals surface area contributed by atoms with E-state index in [4.69, 9.17) is 6.51 Å². The molecule has 1 aromatic rings. The predicted octanol–water partition coefficient (Wildman–Crippen LogP) is 0.314. The van der Waals surface area contributed by atoms with Crippen molar-refractivity contribution in [3.8, 4) is 0 Å². The molecule has 0 saturated carbocycles. The van der Waals surface area contributed by atoms with Gasteiger partial charge in [-0.3, -0.25) is 0 Å². The molecule has 0 radical (unpaired) electrons. The van der Waals surface area contributed by atoms with E-state index < -0.39 is 16.1 Å². The van der Waals surface area contributed by atoms with E-state index in [0.717, 1.165) is 0 Å². The molecule has 0 heterocycles. The molecule has 0 fully saturated rings. The van der Waals surface area contributed by atoms with Crippen molar-refractivity contribution in [3.05, 3.63) is 29.3 Å². The zero-order valence-corrected chi connectivity index (χ0v) is 8.21. The highest BCUT2D eigenvalue weighted by molar-refractivity contribution is 7.89. The predicted molar refractivity (Wildman–Crippen MR) is 51.1 cm³/mol. The van der Waals surface area contributed by atoms with Gasteiger partial charge in [-0.2, -0.15) is 0 Å². The average Bonchev–Trinajstić information content (AvgIpc) is 2.41. The van der Waals surface area contributed by atoms with Crippen LogP contribution in [0.25, 0.3) is 0 Å². The van der Waals surface area contributed by atoms with Crippen molar-refractivity contribution >= 4 is 10.0 Å². The minimum absolute atomic E-state index is 0.0168. The van der Waals surface area contributed by atoms with Crippen LogP contribution in [0.15, 0.2) is 23.1 Å². The molecule has 1 aliphatic carbocycles. The van der Waals surface area contributed by atoms with Gasteiger partial charge < -0.3 is 5.11 Å². The van der Waals surface area contributed by atoms with Crippen LogP contribution in [0.4, 0.5) is 0 Å². The second kappa shape index (κ2) is 3.05. The van der Waals surface area contributed by atoms with Crippen molar-refractivity contribution in [2.75, 3.05) is 0 Å². The summed E-state index contributed by atoms with van der Waals surface area (Å²) >= 11 is 0. The van der Waals surface area contributed by atoms with Crippen LogP contribution in [-0.4, -0.2) is 13.5 Å². The Bertz CT molecular complexity index is 510. The van der Waals surface area contributed by atoms with Crippen molar-refractivity contribution in [1.82, 2.24) is 0 Å². The fourth-order valence-corrected chi connectivity index (χ4v) is 2.56.